The first kappa shape index (κ1) is 11.4. The van der Waals surface area contributed by atoms with Crippen LogP contribution in [0.15, 0.2) is 18.2 Å². The van der Waals surface area contributed by atoms with E-state index in [0.29, 0.717) is 6.42 Å². The lowest BCUT2D eigenvalue weighted by Crippen LogP contribution is -2.39. The number of amides is 1. The van der Waals surface area contributed by atoms with E-state index in [-0.39, 0.29) is 24.4 Å². The van der Waals surface area contributed by atoms with Gasteiger partial charge in [-0.05, 0) is 18.6 Å². The summed E-state index contributed by atoms with van der Waals surface area (Å²) in [6.45, 7) is 0.520. The number of anilines is 1. The third-order valence-corrected chi connectivity index (χ3v) is 2.46. The van der Waals surface area contributed by atoms with E-state index in [0.717, 1.165) is 11.0 Å². The van der Waals surface area contributed by atoms with Crippen LogP contribution in [0.2, 0.25) is 0 Å². The molecule has 1 aliphatic rings. The summed E-state index contributed by atoms with van der Waals surface area (Å²) in [6.07, 6.45) is -0.178. The number of carbonyl (C=O) groups is 2. The molecule has 1 aromatic rings. The predicted octanol–water partition coefficient (Wildman–Crippen LogP) is 1.87. The highest BCUT2D eigenvalue weighted by Crippen LogP contribution is 2.26. The van der Waals surface area contributed by atoms with Crippen molar-refractivity contribution in [3.8, 4) is 0 Å². The topological polar surface area (TPSA) is 66.8 Å². The van der Waals surface area contributed by atoms with Crippen LogP contribution in [-0.2, 0) is 4.74 Å². The van der Waals surface area contributed by atoms with Crippen molar-refractivity contribution in [3.05, 3.63) is 29.6 Å². The maximum atomic E-state index is 13.7. The van der Waals surface area contributed by atoms with E-state index in [1.54, 1.807) is 0 Å². The summed E-state index contributed by atoms with van der Waals surface area (Å²) in [4.78, 5) is 23.5. The van der Waals surface area contributed by atoms with Crippen molar-refractivity contribution >= 4 is 17.7 Å². The molecular weight excluding hydrogens is 229 g/mol. The molecule has 0 radical (unpaired) electrons. The molecule has 90 valence electrons. The zero-order chi connectivity index (χ0) is 12.4. The van der Waals surface area contributed by atoms with Crippen LogP contribution in [0.5, 0.6) is 0 Å². The lowest BCUT2D eigenvalue weighted by atomic mass is 10.1. The fourth-order valence-electron chi connectivity index (χ4n) is 1.72. The van der Waals surface area contributed by atoms with Gasteiger partial charge in [-0.2, -0.15) is 0 Å². The molecule has 1 amide bonds. The molecule has 1 aromatic carbocycles. The van der Waals surface area contributed by atoms with Gasteiger partial charge in [-0.25, -0.2) is 14.0 Å². The molecule has 1 N–H and O–H groups in total. The second kappa shape index (κ2) is 4.40. The Bertz CT molecular complexity index is 475. The number of halogens is 1. The van der Waals surface area contributed by atoms with Crippen molar-refractivity contribution in [1.82, 2.24) is 0 Å². The summed E-state index contributed by atoms with van der Waals surface area (Å²) in [5.74, 6) is -2.03. The zero-order valence-electron chi connectivity index (χ0n) is 8.85. The molecule has 0 atom stereocenters. The van der Waals surface area contributed by atoms with Gasteiger partial charge in [0.25, 0.3) is 0 Å². The first-order valence-corrected chi connectivity index (χ1v) is 5.07. The van der Waals surface area contributed by atoms with Gasteiger partial charge in [-0.15, -0.1) is 0 Å². The Morgan fingerprint density at radius 1 is 1.47 bits per heavy atom. The smallest absolute Gasteiger partial charge is 0.414 e. The lowest BCUT2D eigenvalue weighted by Gasteiger charge is -2.27. The minimum Gasteiger partial charge on any atom is -0.478 e. The number of para-hydroxylation sites is 1. The number of carboxylic acid groups (broad SMARTS) is 1. The summed E-state index contributed by atoms with van der Waals surface area (Å²) in [5, 5.41) is 8.96. The highest BCUT2D eigenvalue weighted by Gasteiger charge is 2.28. The van der Waals surface area contributed by atoms with Crippen LogP contribution in [0.3, 0.4) is 0 Å². The van der Waals surface area contributed by atoms with Crippen LogP contribution in [-0.4, -0.2) is 30.3 Å². The van der Waals surface area contributed by atoms with E-state index in [4.69, 9.17) is 9.84 Å². The third kappa shape index (κ3) is 2.06. The molecular formula is C11H10FNO4. The number of aromatic carboxylic acids is 1. The molecule has 17 heavy (non-hydrogen) atoms. The van der Waals surface area contributed by atoms with Gasteiger partial charge in [0.05, 0.1) is 17.9 Å². The monoisotopic (exact) mass is 239 g/mol. The van der Waals surface area contributed by atoms with Crippen molar-refractivity contribution < 1.29 is 23.8 Å². The average Bonchev–Trinajstić information content (AvgIpc) is 2.30. The first-order chi connectivity index (χ1) is 8.11. The van der Waals surface area contributed by atoms with Crippen molar-refractivity contribution in [2.24, 2.45) is 0 Å². The Morgan fingerprint density at radius 3 is 2.88 bits per heavy atom. The van der Waals surface area contributed by atoms with E-state index in [9.17, 15) is 14.0 Å². The zero-order valence-corrected chi connectivity index (χ0v) is 8.85. The van der Waals surface area contributed by atoms with Gasteiger partial charge in [0.15, 0.2) is 0 Å². The SMILES string of the molecule is O=C(O)c1cccc(F)c1N1CCCOC1=O. The number of benzene rings is 1. The molecule has 5 nitrogen and oxygen atoms in total. The van der Waals surface area contributed by atoms with Crippen LogP contribution < -0.4 is 4.90 Å². The number of carboxylic acids is 1. The Hall–Kier alpha value is -2.11. The van der Waals surface area contributed by atoms with E-state index >= 15 is 0 Å². The van der Waals surface area contributed by atoms with Gasteiger partial charge in [0.1, 0.15) is 5.82 Å². The molecule has 0 spiro atoms. The van der Waals surface area contributed by atoms with E-state index in [1.807, 2.05) is 0 Å². The minimum absolute atomic E-state index is 0.232. The van der Waals surface area contributed by atoms with Gasteiger partial charge < -0.3 is 9.84 Å². The fraction of sp³-hybridized carbons (Fsp3) is 0.273. The molecule has 6 heteroatoms. The summed E-state index contributed by atoms with van der Waals surface area (Å²) in [5.41, 5.74) is -0.478. The normalized spacial score (nSPS) is 15.6. The van der Waals surface area contributed by atoms with Crippen molar-refractivity contribution in [1.29, 1.82) is 0 Å². The number of ether oxygens (including phenoxy) is 1. The molecule has 0 aliphatic carbocycles. The highest BCUT2D eigenvalue weighted by atomic mass is 19.1. The number of hydrogen-bond acceptors (Lipinski definition) is 3. The summed E-state index contributed by atoms with van der Waals surface area (Å²) in [6, 6.07) is 3.66. The van der Waals surface area contributed by atoms with Gasteiger partial charge in [-0.3, -0.25) is 4.90 Å². The maximum absolute atomic E-state index is 13.7. The number of cyclic esters (lactones) is 1. The molecule has 0 unspecified atom stereocenters. The summed E-state index contributed by atoms with van der Waals surface area (Å²) < 4.78 is 18.4. The van der Waals surface area contributed by atoms with Gasteiger partial charge >= 0.3 is 12.1 Å². The minimum atomic E-state index is -1.28. The van der Waals surface area contributed by atoms with Gasteiger partial charge in [0.2, 0.25) is 0 Å². The van der Waals surface area contributed by atoms with Crippen LogP contribution in [0.4, 0.5) is 14.9 Å². The summed E-state index contributed by atoms with van der Waals surface area (Å²) >= 11 is 0. The molecule has 1 heterocycles. The Balaban J connectivity index is 2.49. The lowest BCUT2D eigenvalue weighted by molar-refractivity contribution is 0.0697. The van der Waals surface area contributed by atoms with Crippen LogP contribution in [0.1, 0.15) is 16.8 Å². The Kier molecular flexibility index (Phi) is 2.95. The third-order valence-electron chi connectivity index (χ3n) is 2.46. The molecule has 0 saturated carbocycles. The summed E-state index contributed by atoms with van der Waals surface area (Å²) in [7, 11) is 0. The van der Waals surface area contributed by atoms with Crippen molar-refractivity contribution in [2.75, 3.05) is 18.1 Å². The average molecular weight is 239 g/mol. The molecule has 1 saturated heterocycles. The van der Waals surface area contributed by atoms with Crippen LogP contribution in [0, 0.1) is 5.82 Å². The maximum Gasteiger partial charge on any atom is 0.414 e. The molecule has 1 aliphatic heterocycles. The second-order valence-corrected chi connectivity index (χ2v) is 3.56. The van der Waals surface area contributed by atoms with E-state index in [1.165, 1.54) is 12.1 Å². The Morgan fingerprint density at radius 2 is 2.24 bits per heavy atom. The molecule has 2 rings (SSSR count). The Labute approximate surface area is 96.4 Å². The molecule has 1 fully saturated rings. The quantitative estimate of drug-likeness (QED) is 0.855. The predicted molar refractivity (Wildman–Crippen MR) is 56.7 cm³/mol. The molecule has 0 bridgehead atoms. The largest absolute Gasteiger partial charge is 0.478 e. The van der Waals surface area contributed by atoms with Crippen LogP contribution >= 0.6 is 0 Å². The second-order valence-electron chi connectivity index (χ2n) is 3.56. The number of rotatable bonds is 2. The number of hydrogen-bond donors (Lipinski definition) is 1. The van der Waals surface area contributed by atoms with Gasteiger partial charge in [-0.1, -0.05) is 6.07 Å². The van der Waals surface area contributed by atoms with E-state index < -0.39 is 17.9 Å². The standard InChI is InChI=1S/C11H10FNO4/c12-8-4-1-3-7(10(14)15)9(8)13-5-2-6-17-11(13)16/h1,3-4H,2,5-6H2,(H,14,15). The number of carbonyl (C=O) groups excluding carboxylic acids is 1. The van der Waals surface area contributed by atoms with E-state index in [2.05, 4.69) is 0 Å². The highest BCUT2D eigenvalue weighted by molar-refractivity contribution is 6.00. The fourth-order valence-corrected chi connectivity index (χ4v) is 1.72. The van der Waals surface area contributed by atoms with Crippen molar-refractivity contribution in [3.63, 3.8) is 0 Å². The van der Waals surface area contributed by atoms with Gasteiger partial charge in [0, 0.05) is 6.54 Å². The molecule has 0 aromatic heterocycles. The van der Waals surface area contributed by atoms with Crippen molar-refractivity contribution in [2.45, 2.75) is 6.42 Å². The number of nitrogens with zero attached hydrogens (tertiary/aromatic N) is 1. The van der Waals surface area contributed by atoms with Crippen LogP contribution in [0.25, 0.3) is 0 Å². The first-order valence-electron chi connectivity index (χ1n) is 5.07.